The highest BCUT2D eigenvalue weighted by Crippen LogP contribution is 2.42. The molecule has 4 rings (SSSR count). The number of likely N-dealkylation sites (tertiary alicyclic amines) is 1. The fraction of sp³-hybridized carbons (Fsp3) is 0.632. The van der Waals surface area contributed by atoms with E-state index in [0.29, 0.717) is 25.8 Å². The third-order valence-corrected chi connectivity index (χ3v) is 5.95. The topological polar surface area (TPSA) is 68.2 Å². The number of aliphatic hydroxyl groups excluding tert-OH is 1. The van der Waals surface area contributed by atoms with E-state index in [-0.39, 0.29) is 30.4 Å². The molecule has 0 aromatic heterocycles. The first-order chi connectivity index (χ1) is 12.1. The number of aliphatic hydroxyl groups is 1. The third kappa shape index (κ3) is 2.98. The molecule has 1 aromatic carbocycles. The Morgan fingerprint density at radius 3 is 3.04 bits per heavy atom. The number of methoxy groups -OCH3 is 1. The Balaban J connectivity index is 1.41. The number of carbonyl (C=O) groups excluding carboxylic acids is 1. The van der Waals surface area contributed by atoms with Gasteiger partial charge in [-0.3, -0.25) is 4.79 Å². The van der Waals surface area contributed by atoms with Crippen LogP contribution in [0.3, 0.4) is 0 Å². The highest BCUT2D eigenvalue weighted by molar-refractivity contribution is 5.77. The van der Waals surface area contributed by atoms with Crippen molar-refractivity contribution in [3.63, 3.8) is 0 Å². The van der Waals surface area contributed by atoms with Gasteiger partial charge in [0.2, 0.25) is 12.7 Å². The van der Waals surface area contributed by atoms with Crippen molar-refractivity contribution in [1.82, 2.24) is 4.90 Å². The van der Waals surface area contributed by atoms with Crippen LogP contribution in [0.4, 0.5) is 0 Å². The lowest BCUT2D eigenvalue weighted by atomic mass is 9.79. The zero-order chi connectivity index (χ0) is 17.4. The van der Waals surface area contributed by atoms with Crippen molar-refractivity contribution in [3.05, 3.63) is 23.8 Å². The summed E-state index contributed by atoms with van der Waals surface area (Å²) in [4.78, 5) is 14.7. The molecular formula is C19H25NO5. The van der Waals surface area contributed by atoms with Crippen LogP contribution in [0, 0.1) is 0 Å². The molecule has 0 spiro atoms. The quantitative estimate of drug-likeness (QED) is 0.901. The van der Waals surface area contributed by atoms with Gasteiger partial charge in [0, 0.05) is 20.1 Å². The molecule has 1 amide bonds. The number of nitrogens with zero attached hydrogens (tertiary/aromatic N) is 1. The maximum Gasteiger partial charge on any atom is 0.231 e. The number of hydrogen-bond donors (Lipinski definition) is 1. The van der Waals surface area contributed by atoms with Crippen LogP contribution in [0.5, 0.6) is 11.5 Å². The molecule has 3 aliphatic rings. The molecule has 1 N–H and O–H groups in total. The van der Waals surface area contributed by atoms with Crippen molar-refractivity contribution in [3.8, 4) is 11.5 Å². The lowest BCUT2D eigenvalue weighted by molar-refractivity contribution is -0.139. The SMILES string of the molecule is COC12CCC(O)CC1N(C(=O)CCc1ccc3c(c1)OCO3)CC2. The van der Waals surface area contributed by atoms with Crippen LogP contribution in [0.1, 0.15) is 37.7 Å². The Morgan fingerprint density at radius 2 is 2.20 bits per heavy atom. The molecule has 3 atom stereocenters. The van der Waals surface area contributed by atoms with E-state index >= 15 is 0 Å². The molecule has 2 heterocycles. The van der Waals surface area contributed by atoms with E-state index in [0.717, 1.165) is 36.3 Å². The van der Waals surface area contributed by atoms with E-state index in [9.17, 15) is 9.90 Å². The van der Waals surface area contributed by atoms with Crippen molar-refractivity contribution in [2.45, 2.75) is 56.3 Å². The normalized spacial score (nSPS) is 30.4. The van der Waals surface area contributed by atoms with Crippen LogP contribution in [0.25, 0.3) is 0 Å². The second kappa shape index (κ2) is 6.50. The summed E-state index contributed by atoms with van der Waals surface area (Å²) in [6.45, 7) is 0.972. The molecule has 0 bridgehead atoms. The van der Waals surface area contributed by atoms with Gasteiger partial charge in [-0.05, 0) is 49.8 Å². The van der Waals surface area contributed by atoms with E-state index in [1.165, 1.54) is 0 Å². The Bertz CT molecular complexity index is 663. The molecular weight excluding hydrogens is 322 g/mol. The number of hydrogen-bond acceptors (Lipinski definition) is 5. The molecule has 1 saturated carbocycles. The summed E-state index contributed by atoms with van der Waals surface area (Å²) in [6.07, 6.45) is 3.83. The monoisotopic (exact) mass is 347 g/mol. The Hall–Kier alpha value is -1.79. The number of benzene rings is 1. The standard InChI is InChI=1S/C19H25NO5/c1-23-19-7-6-14(21)11-17(19)20(9-8-19)18(22)5-3-13-2-4-15-16(10-13)25-12-24-15/h2,4,10,14,17,21H,3,5-9,11-12H2,1H3. The van der Waals surface area contributed by atoms with Crippen LogP contribution in [-0.4, -0.2) is 54.1 Å². The summed E-state index contributed by atoms with van der Waals surface area (Å²) in [5.41, 5.74) is 0.798. The fourth-order valence-corrected chi connectivity index (χ4v) is 4.47. The van der Waals surface area contributed by atoms with Gasteiger partial charge in [-0.2, -0.15) is 0 Å². The van der Waals surface area contributed by atoms with E-state index in [4.69, 9.17) is 14.2 Å². The lowest BCUT2D eigenvalue weighted by Gasteiger charge is -2.42. The molecule has 1 aromatic rings. The number of aryl methyl sites for hydroxylation is 1. The molecule has 2 aliphatic heterocycles. The van der Waals surface area contributed by atoms with E-state index in [2.05, 4.69) is 0 Å². The number of carbonyl (C=O) groups is 1. The Morgan fingerprint density at radius 1 is 1.36 bits per heavy atom. The van der Waals surface area contributed by atoms with Crippen LogP contribution in [0.2, 0.25) is 0 Å². The van der Waals surface area contributed by atoms with Crippen LogP contribution in [-0.2, 0) is 16.0 Å². The van der Waals surface area contributed by atoms with E-state index < -0.39 is 0 Å². The van der Waals surface area contributed by atoms with Gasteiger partial charge in [0.15, 0.2) is 11.5 Å². The van der Waals surface area contributed by atoms with Crippen LogP contribution >= 0.6 is 0 Å². The highest BCUT2D eigenvalue weighted by Gasteiger charge is 2.52. The zero-order valence-electron chi connectivity index (χ0n) is 14.6. The Labute approximate surface area is 147 Å². The summed E-state index contributed by atoms with van der Waals surface area (Å²) < 4.78 is 16.5. The number of amides is 1. The maximum absolute atomic E-state index is 12.8. The zero-order valence-corrected chi connectivity index (χ0v) is 14.6. The minimum absolute atomic E-state index is 0.00879. The minimum Gasteiger partial charge on any atom is -0.454 e. The molecule has 6 nitrogen and oxygen atoms in total. The molecule has 3 unspecified atom stereocenters. The second-order valence-electron chi connectivity index (χ2n) is 7.24. The third-order valence-electron chi connectivity index (χ3n) is 5.95. The van der Waals surface area contributed by atoms with Crippen molar-refractivity contribution < 1.29 is 24.1 Å². The smallest absolute Gasteiger partial charge is 0.231 e. The van der Waals surface area contributed by atoms with E-state index in [1.54, 1.807) is 7.11 Å². The lowest BCUT2D eigenvalue weighted by Crippen LogP contribution is -2.52. The minimum atomic E-state index is -0.337. The van der Waals surface area contributed by atoms with Crippen LogP contribution < -0.4 is 9.47 Å². The number of ether oxygens (including phenoxy) is 3. The first kappa shape index (κ1) is 16.7. The first-order valence-electron chi connectivity index (χ1n) is 9.02. The molecule has 6 heteroatoms. The summed E-state index contributed by atoms with van der Waals surface area (Å²) >= 11 is 0. The summed E-state index contributed by atoms with van der Waals surface area (Å²) in [5.74, 6) is 1.64. The van der Waals surface area contributed by atoms with Crippen LogP contribution in [0.15, 0.2) is 18.2 Å². The summed E-state index contributed by atoms with van der Waals surface area (Å²) in [6, 6.07) is 5.81. The van der Waals surface area contributed by atoms with Gasteiger partial charge in [0.25, 0.3) is 0 Å². The van der Waals surface area contributed by atoms with E-state index in [1.807, 2.05) is 23.1 Å². The average Bonchev–Trinajstić information content (AvgIpc) is 3.23. The number of fused-ring (bicyclic) bond motifs is 2. The molecule has 1 saturated heterocycles. The van der Waals surface area contributed by atoms with Crippen molar-refractivity contribution in [2.24, 2.45) is 0 Å². The van der Waals surface area contributed by atoms with Gasteiger partial charge in [-0.1, -0.05) is 6.07 Å². The van der Waals surface area contributed by atoms with Gasteiger partial charge >= 0.3 is 0 Å². The Kier molecular flexibility index (Phi) is 4.33. The van der Waals surface area contributed by atoms with Crippen molar-refractivity contribution in [2.75, 3.05) is 20.4 Å². The van der Waals surface area contributed by atoms with Gasteiger partial charge in [0.05, 0.1) is 17.7 Å². The highest BCUT2D eigenvalue weighted by atomic mass is 16.7. The van der Waals surface area contributed by atoms with Crippen molar-refractivity contribution in [1.29, 1.82) is 0 Å². The molecule has 2 fully saturated rings. The maximum atomic E-state index is 12.8. The molecule has 1 aliphatic carbocycles. The van der Waals surface area contributed by atoms with Gasteiger partial charge < -0.3 is 24.2 Å². The molecule has 0 radical (unpaired) electrons. The molecule has 136 valence electrons. The molecule has 25 heavy (non-hydrogen) atoms. The predicted octanol–water partition coefficient (Wildman–Crippen LogP) is 1.88. The largest absolute Gasteiger partial charge is 0.454 e. The van der Waals surface area contributed by atoms with Crippen molar-refractivity contribution >= 4 is 5.91 Å². The van der Waals surface area contributed by atoms with Gasteiger partial charge in [-0.25, -0.2) is 0 Å². The number of rotatable bonds is 4. The first-order valence-corrected chi connectivity index (χ1v) is 9.02. The summed E-state index contributed by atoms with van der Waals surface area (Å²) in [5, 5.41) is 10.0. The fourth-order valence-electron chi connectivity index (χ4n) is 4.47. The summed E-state index contributed by atoms with van der Waals surface area (Å²) in [7, 11) is 1.73. The average molecular weight is 347 g/mol. The van der Waals surface area contributed by atoms with Gasteiger partial charge in [-0.15, -0.1) is 0 Å². The van der Waals surface area contributed by atoms with Gasteiger partial charge in [0.1, 0.15) is 0 Å². The second-order valence-corrected chi connectivity index (χ2v) is 7.24. The predicted molar refractivity (Wildman–Crippen MR) is 90.6 cm³/mol.